The van der Waals surface area contributed by atoms with Gasteiger partial charge in [0.2, 0.25) is 0 Å². The molecule has 262 valence electrons. The Hall–Kier alpha value is -7.21. The van der Waals surface area contributed by atoms with E-state index >= 15 is 0 Å². The molecule has 0 atom stereocenters. The lowest BCUT2D eigenvalue weighted by Gasteiger charge is -2.10. The molecule has 0 bridgehead atoms. The average molecular weight is 734 g/mol. The number of hydrogen-bond acceptors (Lipinski definition) is 5. The van der Waals surface area contributed by atoms with E-state index < -0.39 is 0 Å². The third kappa shape index (κ3) is 5.65. The minimum Gasteiger partial charge on any atom is -0.455 e. The fourth-order valence-electron chi connectivity index (χ4n) is 7.74. The quantitative estimate of drug-likeness (QED) is 0.171. The summed E-state index contributed by atoms with van der Waals surface area (Å²) >= 11 is 1.79. The van der Waals surface area contributed by atoms with Gasteiger partial charge in [-0.3, -0.25) is 0 Å². The molecule has 11 aromatic rings. The van der Waals surface area contributed by atoms with Crippen molar-refractivity contribution in [2.24, 2.45) is 0 Å². The van der Waals surface area contributed by atoms with Gasteiger partial charge in [0, 0.05) is 53.2 Å². The van der Waals surface area contributed by atoms with Crippen molar-refractivity contribution in [3.63, 3.8) is 0 Å². The van der Waals surface area contributed by atoms with Crippen LogP contribution in [0.25, 0.3) is 110 Å². The molecule has 0 N–H and O–H groups in total. The molecule has 0 aliphatic heterocycles. The lowest BCUT2D eigenvalue weighted by Crippen LogP contribution is -2.00. The van der Waals surface area contributed by atoms with E-state index in [1.165, 1.54) is 25.7 Å². The Balaban J connectivity index is 1.04. The highest BCUT2D eigenvalue weighted by molar-refractivity contribution is 7.25. The highest BCUT2D eigenvalue weighted by atomic mass is 32.1. The fraction of sp³-hybridized carbons (Fsp3) is 0. The van der Waals surface area contributed by atoms with Crippen molar-refractivity contribution in [1.29, 1.82) is 0 Å². The van der Waals surface area contributed by atoms with Crippen LogP contribution in [0.2, 0.25) is 0 Å². The predicted molar refractivity (Wildman–Crippen MR) is 233 cm³/mol. The normalized spacial score (nSPS) is 11.6. The molecule has 5 heteroatoms. The molecule has 3 aromatic heterocycles. The van der Waals surface area contributed by atoms with Crippen LogP contribution in [-0.2, 0) is 0 Å². The molecule has 4 nitrogen and oxygen atoms in total. The minimum atomic E-state index is 0.641. The van der Waals surface area contributed by atoms with E-state index in [-0.39, 0.29) is 0 Å². The zero-order valence-corrected chi connectivity index (χ0v) is 30.9. The average Bonchev–Trinajstić information content (AvgIpc) is 3.84. The second kappa shape index (κ2) is 13.3. The van der Waals surface area contributed by atoms with Crippen molar-refractivity contribution in [2.75, 3.05) is 0 Å². The Morgan fingerprint density at radius 1 is 0.321 bits per heavy atom. The number of benzene rings is 8. The number of fused-ring (bicyclic) bond motifs is 6. The molecule has 0 aliphatic rings. The number of rotatable bonds is 6. The minimum absolute atomic E-state index is 0.641. The predicted octanol–water partition coefficient (Wildman–Crippen LogP) is 14.1. The summed E-state index contributed by atoms with van der Waals surface area (Å²) in [7, 11) is 0. The standard InChI is InChI=1S/C51H31N3OS/c1-4-13-32(14-5-1)35-19-12-20-37(27-35)50-52-49(34-17-8-3-9-18-34)53-51(54-50)38-23-25-41-43-28-36(24-26-46(43)56-47(41)31-38)42-29-39(33-15-6-2-7-16-33)30-44-40-21-10-11-22-45(40)55-48(42)44/h1-31H. The summed E-state index contributed by atoms with van der Waals surface area (Å²) in [5.74, 6) is 1.93. The largest absolute Gasteiger partial charge is 0.455 e. The van der Waals surface area contributed by atoms with E-state index in [1.54, 1.807) is 11.3 Å². The maximum Gasteiger partial charge on any atom is 0.164 e. The second-order valence-corrected chi connectivity index (χ2v) is 15.1. The monoisotopic (exact) mass is 733 g/mol. The summed E-state index contributed by atoms with van der Waals surface area (Å²) in [4.78, 5) is 15.2. The molecule has 0 saturated heterocycles. The van der Waals surface area contributed by atoms with E-state index in [1.807, 2.05) is 42.5 Å². The number of furan rings is 1. The Kier molecular flexibility index (Phi) is 7.64. The Bertz CT molecular complexity index is 3240. The van der Waals surface area contributed by atoms with Gasteiger partial charge in [0.25, 0.3) is 0 Å². The first-order chi connectivity index (χ1) is 27.7. The van der Waals surface area contributed by atoms with Crippen LogP contribution in [-0.4, -0.2) is 15.0 Å². The highest BCUT2D eigenvalue weighted by Crippen LogP contribution is 2.43. The summed E-state index contributed by atoms with van der Waals surface area (Å²) in [5.41, 5.74) is 11.4. The molecule has 8 aromatic carbocycles. The molecule has 0 aliphatic carbocycles. The topological polar surface area (TPSA) is 51.8 Å². The summed E-state index contributed by atoms with van der Waals surface area (Å²) in [5, 5.41) is 4.65. The SMILES string of the molecule is c1ccc(-c2cccc(-c3nc(-c4ccccc4)nc(-c4ccc5c(c4)sc4ccc(-c6cc(-c7ccccc7)cc7c6oc6ccccc67)cc45)n3)c2)cc1. The number of thiophene rings is 1. The van der Waals surface area contributed by atoms with Crippen LogP contribution < -0.4 is 0 Å². The molecule has 11 rings (SSSR count). The molecular formula is C51H31N3OS. The van der Waals surface area contributed by atoms with Crippen LogP contribution in [0.5, 0.6) is 0 Å². The summed E-state index contributed by atoms with van der Waals surface area (Å²) in [6.45, 7) is 0. The van der Waals surface area contributed by atoms with Gasteiger partial charge in [0.15, 0.2) is 17.5 Å². The molecule has 0 spiro atoms. The number of hydrogen-bond donors (Lipinski definition) is 0. The molecule has 0 unspecified atom stereocenters. The molecular weight excluding hydrogens is 703 g/mol. The van der Waals surface area contributed by atoms with Crippen LogP contribution in [0.1, 0.15) is 0 Å². The van der Waals surface area contributed by atoms with Gasteiger partial charge in [-0.1, -0.05) is 146 Å². The van der Waals surface area contributed by atoms with Gasteiger partial charge in [0.05, 0.1) is 0 Å². The van der Waals surface area contributed by atoms with Crippen LogP contribution >= 0.6 is 11.3 Å². The van der Waals surface area contributed by atoms with Crippen LogP contribution in [0.4, 0.5) is 0 Å². The van der Waals surface area contributed by atoms with Gasteiger partial charge < -0.3 is 4.42 Å². The number of para-hydroxylation sites is 1. The van der Waals surface area contributed by atoms with Crippen molar-refractivity contribution in [3.05, 3.63) is 188 Å². The van der Waals surface area contributed by atoms with Crippen LogP contribution in [0, 0.1) is 0 Å². The first-order valence-electron chi connectivity index (χ1n) is 18.7. The van der Waals surface area contributed by atoms with E-state index in [0.717, 1.165) is 66.4 Å². The number of nitrogens with zero attached hydrogens (tertiary/aromatic N) is 3. The first-order valence-corrected chi connectivity index (χ1v) is 19.5. The maximum absolute atomic E-state index is 6.57. The zero-order valence-electron chi connectivity index (χ0n) is 30.1. The Morgan fingerprint density at radius 3 is 1.64 bits per heavy atom. The van der Waals surface area contributed by atoms with Gasteiger partial charge in [-0.2, -0.15) is 0 Å². The van der Waals surface area contributed by atoms with Crippen LogP contribution in [0.15, 0.2) is 192 Å². The van der Waals surface area contributed by atoms with E-state index in [0.29, 0.717) is 17.5 Å². The molecule has 56 heavy (non-hydrogen) atoms. The third-order valence-corrected chi connectivity index (χ3v) is 11.7. The number of aromatic nitrogens is 3. The molecule has 0 radical (unpaired) electrons. The van der Waals surface area contributed by atoms with E-state index in [4.69, 9.17) is 19.4 Å². The summed E-state index contributed by atoms with van der Waals surface area (Å²) < 4.78 is 8.97. The first kappa shape index (κ1) is 32.2. The Labute approximate surface area is 327 Å². The van der Waals surface area contributed by atoms with Gasteiger partial charge >= 0.3 is 0 Å². The fourth-order valence-corrected chi connectivity index (χ4v) is 8.87. The van der Waals surface area contributed by atoms with E-state index in [2.05, 4.69) is 146 Å². The van der Waals surface area contributed by atoms with Crippen molar-refractivity contribution < 1.29 is 4.42 Å². The van der Waals surface area contributed by atoms with Gasteiger partial charge in [-0.25, -0.2) is 15.0 Å². The van der Waals surface area contributed by atoms with Crippen molar-refractivity contribution >= 4 is 53.4 Å². The third-order valence-electron chi connectivity index (χ3n) is 10.5. The molecule has 0 amide bonds. The lowest BCUT2D eigenvalue weighted by atomic mass is 9.95. The van der Waals surface area contributed by atoms with Gasteiger partial charge in [-0.05, 0) is 70.3 Å². The van der Waals surface area contributed by atoms with Gasteiger partial charge in [0.1, 0.15) is 11.2 Å². The second-order valence-electron chi connectivity index (χ2n) is 14.0. The van der Waals surface area contributed by atoms with Crippen molar-refractivity contribution in [3.8, 4) is 67.5 Å². The van der Waals surface area contributed by atoms with Gasteiger partial charge in [-0.15, -0.1) is 11.3 Å². The molecule has 0 fully saturated rings. The molecule has 0 saturated carbocycles. The van der Waals surface area contributed by atoms with Crippen molar-refractivity contribution in [1.82, 2.24) is 15.0 Å². The maximum atomic E-state index is 6.57. The van der Waals surface area contributed by atoms with Crippen LogP contribution in [0.3, 0.4) is 0 Å². The highest BCUT2D eigenvalue weighted by Gasteiger charge is 2.18. The van der Waals surface area contributed by atoms with Crippen molar-refractivity contribution in [2.45, 2.75) is 0 Å². The smallest absolute Gasteiger partial charge is 0.164 e. The summed E-state index contributed by atoms with van der Waals surface area (Å²) in [6, 6.07) is 65.7. The molecule has 3 heterocycles. The van der Waals surface area contributed by atoms with E-state index in [9.17, 15) is 0 Å². The summed E-state index contributed by atoms with van der Waals surface area (Å²) in [6.07, 6.45) is 0. The lowest BCUT2D eigenvalue weighted by molar-refractivity contribution is 0.670. The Morgan fingerprint density at radius 2 is 0.893 bits per heavy atom. The zero-order chi connectivity index (χ0) is 37.0.